The topological polar surface area (TPSA) is 148 Å². The van der Waals surface area contributed by atoms with Crippen LogP contribution in [0, 0.1) is 27.2 Å². The summed E-state index contributed by atoms with van der Waals surface area (Å²) in [5.74, 6) is -0.522. The number of benzene rings is 2. The normalized spacial score (nSPS) is 14.2. The first kappa shape index (κ1) is 26.8. The molecule has 0 bridgehead atoms. The van der Waals surface area contributed by atoms with Gasteiger partial charge in [-0.3, -0.25) is 45.6 Å². The number of carbonyl (C=O) groups is 2. The molecule has 1 aliphatic rings. The van der Waals surface area contributed by atoms with Gasteiger partial charge in [0.1, 0.15) is 10.0 Å². The van der Waals surface area contributed by atoms with Crippen LogP contribution >= 0.6 is 24.0 Å². The molecule has 1 heterocycles. The number of thioether (sulfide) groups is 1. The van der Waals surface area contributed by atoms with Crippen molar-refractivity contribution in [2.24, 2.45) is 0 Å². The van der Waals surface area contributed by atoms with Crippen LogP contribution in [0.4, 0.5) is 17.1 Å². The number of aryl methyl sites for hydroxylation is 1. The third-order valence-electron chi connectivity index (χ3n) is 5.26. The van der Waals surface area contributed by atoms with Crippen molar-refractivity contribution in [3.8, 4) is 0 Å². The summed E-state index contributed by atoms with van der Waals surface area (Å²) < 4.78 is 0.505. The van der Waals surface area contributed by atoms with Gasteiger partial charge in [0.05, 0.1) is 20.8 Å². The van der Waals surface area contributed by atoms with Gasteiger partial charge in [-0.1, -0.05) is 60.2 Å². The summed E-state index contributed by atoms with van der Waals surface area (Å²) in [6.45, 7) is 2.44. The van der Waals surface area contributed by atoms with Crippen LogP contribution in [-0.2, 0) is 9.59 Å². The summed E-state index contributed by atoms with van der Waals surface area (Å²) in [7, 11) is 0. The average Bonchev–Trinajstić information content (AvgIpc) is 3.10. The minimum absolute atomic E-state index is 0.0630. The molecule has 0 aliphatic carbocycles. The SMILES string of the molecule is Cc1ccc(C=C2SC(=S)N(CCCCCC(=O)NNc3ccc([N+](=O)[O-])cc3[N+](=O)[O-])C2=O)cc1. The standard InChI is InChI=1S/C23H23N5O6S2/c1-15-6-8-16(9-7-15)13-20-22(30)26(23(35)36-20)12-4-2-3-5-21(29)25-24-18-11-10-17(27(31)32)14-19(18)28(33)34/h6-11,13-14,24H,2-5,12H2,1H3,(H,25,29). The van der Waals surface area contributed by atoms with E-state index in [0.717, 1.165) is 29.3 Å². The molecule has 1 fully saturated rings. The van der Waals surface area contributed by atoms with Gasteiger partial charge in [-0.05, 0) is 37.5 Å². The van der Waals surface area contributed by atoms with Gasteiger partial charge in [-0.2, -0.15) is 0 Å². The summed E-state index contributed by atoms with van der Waals surface area (Å²) in [6.07, 6.45) is 3.83. The number of rotatable bonds is 11. The second kappa shape index (κ2) is 12.2. The Hall–Kier alpha value is -3.84. The maximum atomic E-state index is 12.7. The highest BCUT2D eigenvalue weighted by Gasteiger charge is 2.31. The number of carbonyl (C=O) groups excluding carboxylic acids is 2. The van der Waals surface area contributed by atoms with Crippen LogP contribution < -0.4 is 10.9 Å². The first-order valence-corrected chi connectivity index (χ1v) is 12.2. The largest absolute Gasteiger partial charge is 0.300 e. The van der Waals surface area contributed by atoms with Gasteiger partial charge in [-0.25, -0.2) is 0 Å². The number of nitro benzene ring substituents is 2. The van der Waals surface area contributed by atoms with E-state index in [1.54, 1.807) is 4.90 Å². The number of amides is 2. The van der Waals surface area contributed by atoms with Crippen molar-refractivity contribution in [1.82, 2.24) is 10.3 Å². The number of unbranched alkanes of at least 4 members (excludes halogenated alkanes) is 2. The highest BCUT2D eigenvalue weighted by atomic mass is 32.2. The summed E-state index contributed by atoms with van der Waals surface area (Å²) in [6, 6.07) is 10.9. The smallest absolute Gasteiger partial charge is 0.293 e. The number of nitrogens with zero attached hydrogens (tertiary/aromatic N) is 3. The van der Waals surface area contributed by atoms with E-state index in [2.05, 4.69) is 10.9 Å². The van der Waals surface area contributed by atoms with Gasteiger partial charge in [0.15, 0.2) is 0 Å². The summed E-state index contributed by atoms with van der Waals surface area (Å²) in [5.41, 5.74) is 5.86. The van der Waals surface area contributed by atoms with Crippen LogP contribution in [0.15, 0.2) is 47.4 Å². The number of hydrazine groups is 1. The Morgan fingerprint density at radius 2 is 1.81 bits per heavy atom. The number of nitro groups is 2. The number of non-ortho nitro benzene ring substituents is 1. The van der Waals surface area contributed by atoms with Crippen LogP contribution in [0.3, 0.4) is 0 Å². The van der Waals surface area contributed by atoms with Gasteiger partial charge in [0, 0.05) is 19.0 Å². The summed E-state index contributed by atoms with van der Waals surface area (Å²) in [5, 5.41) is 22.0. The molecule has 2 aromatic rings. The van der Waals surface area contributed by atoms with Crippen molar-refractivity contribution in [2.45, 2.75) is 32.6 Å². The first-order valence-electron chi connectivity index (χ1n) is 11.0. The van der Waals surface area contributed by atoms with E-state index in [1.165, 1.54) is 11.8 Å². The van der Waals surface area contributed by atoms with Gasteiger partial charge in [0.2, 0.25) is 5.91 Å². The van der Waals surface area contributed by atoms with Crippen LogP contribution in [0.5, 0.6) is 0 Å². The second-order valence-electron chi connectivity index (χ2n) is 7.94. The molecule has 2 aromatic carbocycles. The van der Waals surface area contributed by atoms with Crippen molar-refractivity contribution in [2.75, 3.05) is 12.0 Å². The number of anilines is 1. The molecule has 0 spiro atoms. The molecule has 0 saturated carbocycles. The lowest BCUT2D eigenvalue weighted by molar-refractivity contribution is -0.393. The molecule has 36 heavy (non-hydrogen) atoms. The van der Waals surface area contributed by atoms with E-state index in [0.29, 0.717) is 35.0 Å². The third kappa shape index (κ3) is 7.09. The molecule has 1 saturated heterocycles. The van der Waals surface area contributed by atoms with Crippen molar-refractivity contribution >= 4 is 63.3 Å². The molecular formula is C23H23N5O6S2. The van der Waals surface area contributed by atoms with Crippen LogP contribution in [0.2, 0.25) is 0 Å². The van der Waals surface area contributed by atoms with Gasteiger partial charge in [0.25, 0.3) is 11.6 Å². The predicted molar refractivity (Wildman–Crippen MR) is 141 cm³/mol. The van der Waals surface area contributed by atoms with Crippen LogP contribution in [0.1, 0.15) is 36.8 Å². The zero-order chi connectivity index (χ0) is 26.2. The first-order chi connectivity index (χ1) is 17.2. The third-order valence-corrected chi connectivity index (χ3v) is 6.64. The van der Waals surface area contributed by atoms with Crippen molar-refractivity contribution in [3.63, 3.8) is 0 Å². The number of hydrogen-bond acceptors (Lipinski definition) is 9. The Morgan fingerprint density at radius 1 is 1.08 bits per heavy atom. The molecule has 0 unspecified atom stereocenters. The lowest BCUT2D eigenvalue weighted by Crippen LogP contribution is -2.30. The fourth-order valence-corrected chi connectivity index (χ4v) is 4.64. The Kier molecular flexibility index (Phi) is 9.08. The number of nitrogens with one attached hydrogen (secondary N) is 2. The Bertz CT molecular complexity index is 1230. The molecule has 2 amide bonds. The lowest BCUT2D eigenvalue weighted by Gasteiger charge is -2.14. The van der Waals surface area contributed by atoms with Crippen LogP contribution in [-0.4, -0.2) is 37.4 Å². The molecule has 1 aliphatic heterocycles. The minimum atomic E-state index is -0.773. The summed E-state index contributed by atoms with van der Waals surface area (Å²) in [4.78, 5) is 47.4. The quantitative estimate of drug-likeness (QED) is 0.139. The molecule has 188 valence electrons. The molecule has 3 rings (SSSR count). The van der Waals surface area contributed by atoms with E-state index in [-0.39, 0.29) is 18.0 Å². The van der Waals surface area contributed by atoms with Gasteiger partial charge < -0.3 is 0 Å². The Labute approximate surface area is 216 Å². The molecule has 2 N–H and O–H groups in total. The maximum Gasteiger partial charge on any atom is 0.300 e. The van der Waals surface area contributed by atoms with Crippen molar-refractivity contribution < 1.29 is 19.4 Å². The highest BCUT2D eigenvalue weighted by molar-refractivity contribution is 8.26. The molecule has 11 nitrogen and oxygen atoms in total. The van der Waals surface area contributed by atoms with E-state index < -0.39 is 27.1 Å². The molecule has 0 atom stereocenters. The zero-order valence-corrected chi connectivity index (χ0v) is 20.9. The molecule has 0 aromatic heterocycles. The van der Waals surface area contributed by atoms with Gasteiger partial charge in [-0.15, -0.1) is 0 Å². The molecular weight excluding hydrogens is 506 g/mol. The van der Waals surface area contributed by atoms with E-state index in [4.69, 9.17) is 12.2 Å². The fourth-order valence-electron chi connectivity index (χ4n) is 3.33. The zero-order valence-electron chi connectivity index (χ0n) is 19.3. The second-order valence-corrected chi connectivity index (χ2v) is 9.62. The number of hydrogen-bond donors (Lipinski definition) is 2. The number of thiocarbonyl (C=S) groups is 1. The molecule has 0 radical (unpaired) electrons. The van der Waals surface area contributed by atoms with Crippen LogP contribution in [0.25, 0.3) is 6.08 Å². The van der Waals surface area contributed by atoms with Gasteiger partial charge >= 0.3 is 5.69 Å². The Balaban J connectivity index is 1.41. The Morgan fingerprint density at radius 3 is 2.47 bits per heavy atom. The average molecular weight is 530 g/mol. The minimum Gasteiger partial charge on any atom is -0.293 e. The maximum absolute atomic E-state index is 12.7. The lowest BCUT2D eigenvalue weighted by atomic mass is 10.1. The predicted octanol–water partition coefficient (Wildman–Crippen LogP) is 4.72. The fraction of sp³-hybridized carbons (Fsp3) is 0.261. The monoisotopic (exact) mass is 529 g/mol. The summed E-state index contributed by atoms with van der Waals surface area (Å²) >= 11 is 6.62. The van der Waals surface area contributed by atoms with E-state index in [1.807, 2.05) is 37.3 Å². The van der Waals surface area contributed by atoms with Crippen molar-refractivity contribution in [1.29, 1.82) is 0 Å². The van der Waals surface area contributed by atoms with E-state index in [9.17, 15) is 29.8 Å². The van der Waals surface area contributed by atoms with E-state index >= 15 is 0 Å². The van der Waals surface area contributed by atoms with Crippen molar-refractivity contribution in [3.05, 3.63) is 78.7 Å². The highest BCUT2D eigenvalue weighted by Crippen LogP contribution is 2.33. The molecule has 13 heteroatoms.